The van der Waals surface area contributed by atoms with Crippen LogP contribution in [0.15, 0.2) is 24.3 Å². The Kier molecular flexibility index (Phi) is 3.80. The number of nitrogens with zero attached hydrogens (tertiary/aromatic N) is 3. The molecule has 0 spiro atoms. The van der Waals surface area contributed by atoms with Gasteiger partial charge in [-0.25, -0.2) is 15.8 Å². The van der Waals surface area contributed by atoms with Gasteiger partial charge in [-0.3, -0.25) is 0 Å². The Labute approximate surface area is 115 Å². The first-order valence-electron chi connectivity index (χ1n) is 5.41. The highest BCUT2D eigenvalue weighted by Crippen LogP contribution is 2.24. The number of halogens is 1. The molecule has 0 atom stereocenters. The first-order valence-corrected chi connectivity index (χ1v) is 5.79. The maximum atomic E-state index is 9.04. The monoisotopic (exact) mass is 274 g/mol. The summed E-state index contributed by atoms with van der Waals surface area (Å²) in [7, 11) is 0. The van der Waals surface area contributed by atoms with Gasteiger partial charge >= 0.3 is 0 Å². The molecule has 0 aliphatic rings. The van der Waals surface area contributed by atoms with E-state index in [4.69, 9.17) is 22.7 Å². The molecule has 0 radical (unpaired) electrons. The van der Waals surface area contributed by atoms with E-state index >= 15 is 0 Å². The lowest BCUT2D eigenvalue weighted by Gasteiger charge is -2.09. The summed E-state index contributed by atoms with van der Waals surface area (Å²) in [6.45, 7) is 1.75. The Hall–Kier alpha value is -2.36. The van der Waals surface area contributed by atoms with Crippen LogP contribution in [-0.4, -0.2) is 9.97 Å². The van der Waals surface area contributed by atoms with E-state index in [1.807, 2.05) is 0 Å². The Morgan fingerprint density at radius 1 is 1.26 bits per heavy atom. The maximum absolute atomic E-state index is 9.04. The molecule has 6 nitrogen and oxygen atoms in total. The zero-order valence-electron chi connectivity index (χ0n) is 10.1. The van der Waals surface area contributed by atoms with Crippen molar-refractivity contribution in [3.63, 3.8) is 0 Å². The Morgan fingerprint density at radius 2 is 2.00 bits per heavy atom. The number of benzene rings is 1. The Balaban J connectivity index is 2.38. The minimum Gasteiger partial charge on any atom is -0.339 e. The predicted molar refractivity (Wildman–Crippen MR) is 74.0 cm³/mol. The van der Waals surface area contributed by atoms with Gasteiger partial charge in [0.25, 0.3) is 0 Å². The molecule has 0 saturated carbocycles. The van der Waals surface area contributed by atoms with Gasteiger partial charge in [-0.1, -0.05) is 11.6 Å². The number of aromatic nitrogens is 2. The number of anilines is 3. The Bertz CT molecular complexity index is 649. The minimum absolute atomic E-state index is 0.475. The van der Waals surface area contributed by atoms with Gasteiger partial charge in [0.05, 0.1) is 11.3 Å². The van der Waals surface area contributed by atoms with Crippen LogP contribution in [0.4, 0.5) is 17.3 Å². The van der Waals surface area contributed by atoms with Crippen molar-refractivity contribution >= 4 is 28.9 Å². The summed E-state index contributed by atoms with van der Waals surface area (Å²) < 4.78 is 0. The molecule has 0 saturated heterocycles. The van der Waals surface area contributed by atoms with Crippen LogP contribution in [0.3, 0.4) is 0 Å². The molecule has 0 fully saturated rings. The number of hydrogen-bond donors (Lipinski definition) is 3. The van der Waals surface area contributed by atoms with E-state index in [1.165, 1.54) is 0 Å². The van der Waals surface area contributed by atoms with Crippen LogP contribution in [0.25, 0.3) is 0 Å². The normalized spacial score (nSPS) is 9.79. The van der Waals surface area contributed by atoms with Crippen LogP contribution in [-0.2, 0) is 0 Å². The molecule has 0 aliphatic heterocycles. The molecule has 1 aromatic heterocycles. The molecule has 7 heteroatoms. The standard InChI is InChI=1S/C12H11ClN6/c1-7-16-11(5-12(17-7)19-15)18-10-4-9(13)3-2-8(10)6-14/h2-5H,15H2,1H3,(H2,16,17,18,19). The van der Waals surface area contributed by atoms with Gasteiger partial charge in [0.1, 0.15) is 23.5 Å². The van der Waals surface area contributed by atoms with E-state index < -0.39 is 0 Å². The van der Waals surface area contributed by atoms with Gasteiger partial charge in [-0.2, -0.15) is 5.26 Å². The zero-order valence-corrected chi connectivity index (χ0v) is 10.9. The molecule has 0 bridgehead atoms. The number of nitriles is 1. The second-order valence-corrected chi connectivity index (χ2v) is 4.19. The SMILES string of the molecule is Cc1nc(NN)cc(Nc2cc(Cl)ccc2C#N)n1. The van der Waals surface area contributed by atoms with Crippen molar-refractivity contribution in [2.75, 3.05) is 10.7 Å². The van der Waals surface area contributed by atoms with Crippen LogP contribution in [0, 0.1) is 18.3 Å². The van der Waals surface area contributed by atoms with E-state index in [2.05, 4.69) is 26.8 Å². The van der Waals surface area contributed by atoms with Crippen molar-refractivity contribution in [2.24, 2.45) is 5.84 Å². The largest absolute Gasteiger partial charge is 0.339 e. The second-order valence-electron chi connectivity index (χ2n) is 3.76. The molecule has 0 unspecified atom stereocenters. The lowest BCUT2D eigenvalue weighted by atomic mass is 10.2. The third-order valence-corrected chi connectivity index (χ3v) is 2.59. The van der Waals surface area contributed by atoms with Crippen LogP contribution in [0.1, 0.15) is 11.4 Å². The van der Waals surface area contributed by atoms with Crippen LogP contribution < -0.4 is 16.6 Å². The molecular weight excluding hydrogens is 264 g/mol. The average molecular weight is 275 g/mol. The van der Waals surface area contributed by atoms with Crippen molar-refractivity contribution in [3.05, 3.63) is 40.7 Å². The molecule has 2 aromatic rings. The van der Waals surface area contributed by atoms with E-state index in [0.29, 0.717) is 33.7 Å². The number of hydrogen-bond acceptors (Lipinski definition) is 6. The summed E-state index contributed by atoms with van der Waals surface area (Å²) in [5.41, 5.74) is 3.51. The Morgan fingerprint density at radius 3 is 2.68 bits per heavy atom. The van der Waals surface area contributed by atoms with Crippen LogP contribution in [0.5, 0.6) is 0 Å². The molecule has 2 rings (SSSR count). The molecule has 0 amide bonds. The molecule has 19 heavy (non-hydrogen) atoms. The zero-order chi connectivity index (χ0) is 13.8. The highest BCUT2D eigenvalue weighted by molar-refractivity contribution is 6.30. The van der Waals surface area contributed by atoms with Gasteiger partial charge in [-0.05, 0) is 25.1 Å². The number of nitrogens with one attached hydrogen (secondary N) is 2. The van der Waals surface area contributed by atoms with E-state index in [0.717, 1.165) is 0 Å². The molecule has 4 N–H and O–H groups in total. The smallest absolute Gasteiger partial charge is 0.145 e. The maximum Gasteiger partial charge on any atom is 0.145 e. The summed E-state index contributed by atoms with van der Waals surface area (Å²) in [4.78, 5) is 8.29. The van der Waals surface area contributed by atoms with E-state index in [-0.39, 0.29) is 0 Å². The molecular formula is C12H11ClN6. The predicted octanol–water partition coefficient (Wildman–Crippen LogP) is 2.34. The summed E-state index contributed by atoms with van der Waals surface area (Å²) in [6.07, 6.45) is 0. The third kappa shape index (κ3) is 3.10. The van der Waals surface area contributed by atoms with Crippen molar-refractivity contribution < 1.29 is 0 Å². The third-order valence-electron chi connectivity index (χ3n) is 2.35. The lowest BCUT2D eigenvalue weighted by Crippen LogP contribution is -2.10. The molecule has 1 heterocycles. The molecule has 0 aliphatic carbocycles. The fourth-order valence-corrected chi connectivity index (χ4v) is 1.73. The topological polar surface area (TPSA) is 99.6 Å². The van der Waals surface area contributed by atoms with Crippen molar-refractivity contribution in [1.29, 1.82) is 5.26 Å². The van der Waals surface area contributed by atoms with E-state index in [1.54, 1.807) is 31.2 Å². The van der Waals surface area contributed by atoms with Crippen molar-refractivity contribution in [1.82, 2.24) is 9.97 Å². The first kappa shape index (κ1) is 13.1. The number of rotatable bonds is 3. The summed E-state index contributed by atoms with van der Waals surface area (Å²) in [5.74, 6) is 6.88. The minimum atomic E-state index is 0.475. The summed E-state index contributed by atoms with van der Waals surface area (Å²) in [6, 6.07) is 8.67. The van der Waals surface area contributed by atoms with Gasteiger partial charge < -0.3 is 10.7 Å². The van der Waals surface area contributed by atoms with Crippen molar-refractivity contribution in [2.45, 2.75) is 6.92 Å². The fourth-order valence-electron chi connectivity index (χ4n) is 1.56. The average Bonchev–Trinajstić information content (AvgIpc) is 2.38. The fraction of sp³-hybridized carbons (Fsp3) is 0.0833. The summed E-state index contributed by atoms with van der Waals surface area (Å²) in [5, 5.41) is 12.6. The van der Waals surface area contributed by atoms with Crippen LogP contribution in [0.2, 0.25) is 5.02 Å². The van der Waals surface area contributed by atoms with Gasteiger partial charge in [0.2, 0.25) is 0 Å². The van der Waals surface area contributed by atoms with Gasteiger partial charge in [-0.15, -0.1) is 0 Å². The highest BCUT2D eigenvalue weighted by Gasteiger charge is 2.06. The second kappa shape index (κ2) is 5.52. The summed E-state index contributed by atoms with van der Waals surface area (Å²) >= 11 is 5.92. The highest BCUT2D eigenvalue weighted by atomic mass is 35.5. The first-order chi connectivity index (χ1) is 9.12. The van der Waals surface area contributed by atoms with Crippen molar-refractivity contribution in [3.8, 4) is 6.07 Å². The van der Waals surface area contributed by atoms with Gasteiger partial charge in [0.15, 0.2) is 0 Å². The quantitative estimate of drug-likeness (QED) is 0.587. The lowest BCUT2D eigenvalue weighted by molar-refractivity contribution is 1.05. The van der Waals surface area contributed by atoms with Crippen LogP contribution >= 0.6 is 11.6 Å². The molecule has 96 valence electrons. The molecule has 1 aromatic carbocycles. The number of nitrogen functional groups attached to an aromatic ring is 1. The number of nitrogens with two attached hydrogens (primary N) is 1. The number of aryl methyl sites for hydroxylation is 1. The van der Waals surface area contributed by atoms with E-state index in [9.17, 15) is 0 Å². The van der Waals surface area contributed by atoms with Gasteiger partial charge in [0, 0.05) is 11.1 Å². The number of hydrazine groups is 1.